The Morgan fingerprint density at radius 2 is 2.29 bits per heavy atom. The SMILES string of the molecule is Cc1cc(C2CCCN(C(=O)C3Cc4cc(F)ccc4O3)C2)n[nH]1. The predicted molar refractivity (Wildman–Crippen MR) is 86.4 cm³/mol. The number of ether oxygens (including phenoxy) is 1. The molecular formula is C18H20FN3O2. The summed E-state index contributed by atoms with van der Waals surface area (Å²) in [5.74, 6) is 0.570. The summed E-state index contributed by atoms with van der Waals surface area (Å²) in [6.45, 7) is 3.38. The third-order valence-corrected chi connectivity index (χ3v) is 4.85. The first-order chi connectivity index (χ1) is 11.6. The average molecular weight is 329 g/mol. The van der Waals surface area contributed by atoms with Crippen molar-refractivity contribution in [1.29, 1.82) is 0 Å². The summed E-state index contributed by atoms with van der Waals surface area (Å²) in [6, 6.07) is 6.46. The predicted octanol–water partition coefficient (Wildman–Crippen LogP) is 2.57. The number of carbonyl (C=O) groups is 1. The van der Waals surface area contributed by atoms with Gasteiger partial charge in [0.1, 0.15) is 11.6 Å². The van der Waals surface area contributed by atoms with Crippen molar-refractivity contribution in [2.75, 3.05) is 13.1 Å². The largest absolute Gasteiger partial charge is 0.480 e. The van der Waals surface area contributed by atoms with E-state index in [-0.39, 0.29) is 17.6 Å². The molecule has 1 aromatic carbocycles. The second-order valence-corrected chi connectivity index (χ2v) is 6.66. The molecule has 126 valence electrons. The molecule has 1 amide bonds. The Bertz CT molecular complexity index is 773. The van der Waals surface area contributed by atoms with Crippen molar-refractivity contribution in [1.82, 2.24) is 15.1 Å². The van der Waals surface area contributed by atoms with Gasteiger partial charge in [-0.2, -0.15) is 5.10 Å². The van der Waals surface area contributed by atoms with Gasteiger partial charge in [0, 0.05) is 36.7 Å². The lowest BCUT2D eigenvalue weighted by Gasteiger charge is -2.33. The van der Waals surface area contributed by atoms with E-state index in [1.807, 2.05) is 17.9 Å². The first-order valence-corrected chi connectivity index (χ1v) is 8.36. The van der Waals surface area contributed by atoms with E-state index in [0.29, 0.717) is 18.7 Å². The van der Waals surface area contributed by atoms with Crippen molar-refractivity contribution in [2.24, 2.45) is 0 Å². The van der Waals surface area contributed by atoms with Gasteiger partial charge < -0.3 is 9.64 Å². The van der Waals surface area contributed by atoms with Gasteiger partial charge in [0.15, 0.2) is 6.10 Å². The molecular weight excluding hydrogens is 309 g/mol. The quantitative estimate of drug-likeness (QED) is 0.921. The molecule has 1 aromatic heterocycles. The summed E-state index contributed by atoms with van der Waals surface area (Å²) in [4.78, 5) is 14.7. The Morgan fingerprint density at radius 1 is 1.42 bits per heavy atom. The topological polar surface area (TPSA) is 58.2 Å². The van der Waals surface area contributed by atoms with Crippen LogP contribution in [0.2, 0.25) is 0 Å². The number of piperidine rings is 1. The molecule has 5 nitrogen and oxygen atoms in total. The maximum Gasteiger partial charge on any atom is 0.264 e. The van der Waals surface area contributed by atoms with E-state index < -0.39 is 6.10 Å². The molecule has 2 aromatic rings. The average Bonchev–Trinajstić information content (AvgIpc) is 3.20. The maximum absolute atomic E-state index is 13.3. The van der Waals surface area contributed by atoms with E-state index in [1.165, 1.54) is 12.1 Å². The van der Waals surface area contributed by atoms with Crippen LogP contribution in [0.4, 0.5) is 4.39 Å². The molecule has 0 spiro atoms. The number of fused-ring (bicyclic) bond motifs is 1. The van der Waals surface area contributed by atoms with Gasteiger partial charge in [0.05, 0.1) is 5.69 Å². The molecule has 4 rings (SSSR count). The van der Waals surface area contributed by atoms with Crippen molar-refractivity contribution >= 4 is 5.91 Å². The van der Waals surface area contributed by atoms with Gasteiger partial charge in [0.25, 0.3) is 5.91 Å². The van der Waals surface area contributed by atoms with Gasteiger partial charge >= 0.3 is 0 Å². The molecule has 3 heterocycles. The molecule has 0 bridgehead atoms. The highest BCUT2D eigenvalue weighted by molar-refractivity contribution is 5.82. The van der Waals surface area contributed by atoms with Crippen LogP contribution < -0.4 is 4.74 Å². The smallest absolute Gasteiger partial charge is 0.264 e. The Balaban J connectivity index is 1.45. The number of benzene rings is 1. The number of hydrogen-bond donors (Lipinski definition) is 1. The second-order valence-electron chi connectivity index (χ2n) is 6.66. The van der Waals surface area contributed by atoms with E-state index in [0.717, 1.165) is 36.3 Å². The number of amides is 1. The second kappa shape index (κ2) is 5.92. The van der Waals surface area contributed by atoms with E-state index in [1.54, 1.807) is 6.07 Å². The van der Waals surface area contributed by atoms with E-state index >= 15 is 0 Å². The molecule has 24 heavy (non-hydrogen) atoms. The van der Waals surface area contributed by atoms with Crippen molar-refractivity contribution < 1.29 is 13.9 Å². The van der Waals surface area contributed by atoms with Crippen molar-refractivity contribution in [2.45, 2.75) is 38.2 Å². The first kappa shape index (κ1) is 15.2. The number of rotatable bonds is 2. The third-order valence-electron chi connectivity index (χ3n) is 4.85. The number of H-pyrrole nitrogens is 1. The number of aromatic nitrogens is 2. The molecule has 6 heteroatoms. The van der Waals surface area contributed by atoms with Crippen LogP contribution >= 0.6 is 0 Å². The van der Waals surface area contributed by atoms with Crippen molar-refractivity contribution in [3.8, 4) is 5.75 Å². The van der Waals surface area contributed by atoms with Gasteiger partial charge in [-0.15, -0.1) is 0 Å². The fourth-order valence-corrected chi connectivity index (χ4v) is 3.63. The summed E-state index contributed by atoms with van der Waals surface area (Å²) < 4.78 is 19.1. The summed E-state index contributed by atoms with van der Waals surface area (Å²) in [7, 11) is 0. The Hall–Kier alpha value is -2.37. The fraction of sp³-hybridized carbons (Fsp3) is 0.444. The molecule has 2 aliphatic heterocycles. The zero-order chi connectivity index (χ0) is 16.7. The van der Waals surface area contributed by atoms with Gasteiger partial charge in [-0.3, -0.25) is 9.89 Å². The zero-order valence-electron chi connectivity index (χ0n) is 13.6. The fourth-order valence-electron chi connectivity index (χ4n) is 3.63. The summed E-state index contributed by atoms with van der Waals surface area (Å²) >= 11 is 0. The number of aryl methyl sites for hydroxylation is 1. The van der Waals surface area contributed by atoms with E-state index in [4.69, 9.17) is 4.74 Å². The summed E-state index contributed by atoms with van der Waals surface area (Å²) in [5.41, 5.74) is 2.82. The van der Waals surface area contributed by atoms with Gasteiger partial charge in [0.2, 0.25) is 0 Å². The molecule has 1 saturated heterocycles. The highest BCUT2D eigenvalue weighted by atomic mass is 19.1. The van der Waals surface area contributed by atoms with Crippen LogP contribution in [-0.2, 0) is 11.2 Å². The highest BCUT2D eigenvalue weighted by Crippen LogP contribution is 2.32. The molecule has 0 radical (unpaired) electrons. The zero-order valence-corrected chi connectivity index (χ0v) is 13.6. The van der Waals surface area contributed by atoms with Crippen LogP contribution in [0.15, 0.2) is 24.3 Å². The Labute approximate surface area is 139 Å². The standard InChI is InChI=1S/C18H20FN3O2/c1-11-7-15(21-20-11)12-3-2-6-22(10-12)18(23)17-9-13-8-14(19)4-5-16(13)24-17/h4-5,7-8,12,17H,2-3,6,9-10H2,1H3,(H,20,21). The maximum atomic E-state index is 13.3. The Kier molecular flexibility index (Phi) is 3.75. The molecule has 2 aliphatic rings. The van der Waals surface area contributed by atoms with Gasteiger partial charge in [-0.25, -0.2) is 4.39 Å². The molecule has 1 fully saturated rings. The molecule has 0 aliphatic carbocycles. The highest BCUT2D eigenvalue weighted by Gasteiger charge is 2.35. The van der Waals surface area contributed by atoms with Crippen LogP contribution in [0.25, 0.3) is 0 Å². The summed E-state index contributed by atoms with van der Waals surface area (Å²) in [5, 5.41) is 7.31. The lowest BCUT2D eigenvalue weighted by atomic mass is 9.94. The van der Waals surface area contributed by atoms with Crippen LogP contribution in [0.5, 0.6) is 5.75 Å². The number of nitrogens with one attached hydrogen (secondary N) is 1. The number of hydrogen-bond acceptors (Lipinski definition) is 3. The van der Waals surface area contributed by atoms with Crippen molar-refractivity contribution in [3.05, 3.63) is 47.0 Å². The van der Waals surface area contributed by atoms with Gasteiger partial charge in [-0.1, -0.05) is 0 Å². The minimum absolute atomic E-state index is 0.0106. The van der Waals surface area contributed by atoms with Crippen molar-refractivity contribution in [3.63, 3.8) is 0 Å². The minimum Gasteiger partial charge on any atom is -0.480 e. The van der Waals surface area contributed by atoms with E-state index in [9.17, 15) is 9.18 Å². The third kappa shape index (κ3) is 2.77. The monoisotopic (exact) mass is 329 g/mol. The minimum atomic E-state index is -0.540. The van der Waals surface area contributed by atoms with E-state index in [2.05, 4.69) is 10.2 Å². The van der Waals surface area contributed by atoms with Crippen LogP contribution in [0.1, 0.15) is 35.7 Å². The number of carbonyl (C=O) groups excluding carboxylic acids is 1. The lowest BCUT2D eigenvalue weighted by molar-refractivity contribution is -0.139. The number of aromatic amines is 1. The normalized spacial score (nSPS) is 23.0. The molecule has 2 atom stereocenters. The van der Waals surface area contributed by atoms with Crippen LogP contribution in [0.3, 0.4) is 0 Å². The van der Waals surface area contributed by atoms with Crippen LogP contribution in [0, 0.1) is 12.7 Å². The first-order valence-electron chi connectivity index (χ1n) is 8.36. The molecule has 0 saturated carbocycles. The number of likely N-dealkylation sites (tertiary alicyclic amines) is 1. The number of nitrogens with zero attached hydrogens (tertiary/aromatic N) is 2. The molecule has 2 unspecified atom stereocenters. The number of halogens is 1. The van der Waals surface area contributed by atoms with Crippen LogP contribution in [-0.4, -0.2) is 40.2 Å². The molecule has 1 N–H and O–H groups in total. The lowest BCUT2D eigenvalue weighted by Crippen LogP contribution is -2.46. The van der Waals surface area contributed by atoms with Gasteiger partial charge in [-0.05, 0) is 44.0 Å². The Morgan fingerprint density at radius 3 is 3.08 bits per heavy atom. The summed E-state index contributed by atoms with van der Waals surface area (Å²) in [6.07, 6.45) is 1.89.